The molecule has 0 spiro atoms. The van der Waals surface area contributed by atoms with Crippen molar-refractivity contribution in [3.05, 3.63) is 11.6 Å². The lowest BCUT2D eigenvalue weighted by Gasteiger charge is -2.44. The van der Waals surface area contributed by atoms with E-state index in [9.17, 15) is 0 Å². The highest BCUT2D eigenvalue weighted by molar-refractivity contribution is 5.15. The maximum Gasteiger partial charge on any atom is 0.0312 e. The number of rotatable bonds is 4. The second kappa shape index (κ2) is 7.64. The quantitative estimate of drug-likeness (QED) is 0.673. The van der Waals surface area contributed by atoms with Crippen molar-refractivity contribution in [2.45, 2.75) is 91.0 Å². The smallest absolute Gasteiger partial charge is 0.0312 e. The molecule has 2 unspecified atom stereocenters. The summed E-state index contributed by atoms with van der Waals surface area (Å²) >= 11 is 0. The molecule has 116 valence electrons. The van der Waals surface area contributed by atoms with Gasteiger partial charge in [-0.2, -0.15) is 0 Å². The molecular weight excluding hydrogens is 242 g/mol. The van der Waals surface area contributed by atoms with E-state index in [1.807, 2.05) is 0 Å². The molecular formula is C19H35N. The highest BCUT2D eigenvalue weighted by atomic mass is 14.9. The molecule has 0 aliphatic heterocycles. The van der Waals surface area contributed by atoms with Crippen LogP contribution < -0.4 is 5.32 Å². The first-order valence-electron chi connectivity index (χ1n) is 9.07. The maximum absolute atomic E-state index is 3.86. The third-order valence-corrected chi connectivity index (χ3v) is 5.64. The van der Waals surface area contributed by atoms with Crippen molar-refractivity contribution in [2.75, 3.05) is 6.54 Å². The topological polar surface area (TPSA) is 12.0 Å². The van der Waals surface area contributed by atoms with Gasteiger partial charge in [-0.3, -0.25) is 0 Å². The Hall–Kier alpha value is -0.300. The SMILES string of the molecule is CCNC(C1=CCCCCCC1)C1CCCCC1(C)C. The Labute approximate surface area is 126 Å². The van der Waals surface area contributed by atoms with Crippen molar-refractivity contribution in [3.63, 3.8) is 0 Å². The van der Waals surface area contributed by atoms with E-state index in [0.717, 1.165) is 12.5 Å². The van der Waals surface area contributed by atoms with Crippen molar-refractivity contribution in [1.82, 2.24) is 5.32 Å². The van der Waals surface area contributed by atoms with Crippen LogP contribution in [0.4, 0.5) is 0 Å². The Kier molecular flexibility index (Phi) is 6.14. The first-order valence-corrected chi connectivity index (χ1v) is 9.07. The molecule has 2 aliphatic rings. The van der Waals surface area contributed by atoms with E-state index >= 15 is 0 Å². The molecule has 1 fully saturated rings. The minimum atomic E-state index is 0.508. The van der Waals surface area contributed by atoms with Gasteiger partial charge in [0.25, 0.3) is 0 Å². The van der Waals surface area contributed by atoms with Crippen LogP contribution in [0.25, 0.3) is 0 Å². The predicted molar refractivity (Wildman–Crippen MR) is 89.0 cm³/mol. The molecule has 20 heavy (non-hydrogen) atoms. The summed E-state index contributed by atoms with van der Waals surface area (Å²) < 4.78 is 0. The van der Waals surface area contributed by atoms with E-state index in [1.54, 1.807) is 5.57 Å². The monoisotopic (exact) mass is 277 g/mol. The number of likely N-dealkylation sites (N-methyl/N-ethyl adjacent to an activating group) is 1. The van der Waals surface area contributed by atoms with E-state index in [4.69, 9.17) is 0 Å². The first kappa shape index (κ1) is 16.1. The molecule has 0 aromatic heterocycles. The molecule has 0 aromatic rings. The second-order valence-electron chi connectivity index (χ2n) is 7.61. The number of allylic oxidation sites excluding steroid dienone is 1. The largest absolute Gasteiger partial charge is 0.310 e. The van der Waals surface area contributed by atoms with Gasteiger partial charge in [-0.1, -0.05) is 58.1 Å². The zero-order valence-corrected chi connectivity index (χ0v) is 14.0. The molecule has 2 rings (SSSR count). The molecule has 1 N–H and O–H groups in total. The molecule has 0 radical (unpaired) electrons. The molecule has 1 saturated carbocycles. The number of hydrogen-bond acceptors (Lipinski definition) is 1. The minimum Gasteiger partial charge on any atom is -0.310 e. The third-order valence-electron chi connectivity index (χ3n) is 5.64. The predicted octanol–water partition coefficient (Wildman–Crippen LogP) is 5.46. The van der Waals surface area contributed by atoms with Gasteiger partial charge in [0.1, 0.15) is 0 Å². The number of nitrogens with one attached hydrogen (secondary N) is 1. The standard InChI is InChI=1S/C19H35N/c1-4-20-18(16-12-8-6-5-7-9-13-16)17-14-10-11-15-19(17,2)3/h12,17-18,20H,4-11,13-15H2,1-3H3. The van der Waals surface area contributed by atoms with E-state index < -0.39 is 0 Å². The van der Waals surface area contributed by atoms with Crippen molar-refractivity contribution >= 4 is 0 Å². The Balaban J connectivity index is 2.15. The molecule has 0 amide bonds. The van der Waals surface area contributed by atoms with Gasteiger partial charge < -0.3 is 5.32 Å². The molecule has 0 bridgehead atoms. The van der Waals surface area contributed by atoms with Gasteiger partial charge >= 0.3 is 0 Å². The summed E-state index contributed by atoms with van der Waals surface area (Å²) in [6.45, 7) is 8.39. The number of hydrogen-bond donors (Lipinski definition) is 1. The van der Waals surface area contributed by atoms with Crippen LogP contribution in [-0.4, -0.2) is 12.6 Å². The van der Waals surface area contributed by atoms with Crippen LogP contribution in [0.2, 0.25) is 0 Å². The van der Waals surface area contributed by atoms with E-state index in [-0.39, 0.29) is 0 Å². The molecule has 0 saturated heterocycles. The zero-order valence-electron chi connectivity index (χ0n) is 14.0. The van der Waals surface area contributed by atoms with Crippen LogP contribution in [0.3, 0.4) is 0 Å². The van der Waals surface area contributed by atoms with Gasteiger partial charge in [0.05, 0.1) is 0 Å². The molecule has 0 aromatic carbocycles. The summed E-state index contributed by atoms with van der Waals surface area (Å²) in [4.78, 5) is 0. The van der Waals surface area contributed by atoms with Crippen molar-refractivity contribution in [3.8, 4) is 0 Å². The molecule has 2 aliphatic carbocycles. The van der Waals surface area contributed by atoms with Gasteiger partial charge in [-0.25, -0.2) is 0 Å². The zero-order chi connectivity index (χ0) is 14.4. The van der Waals surface area contributed by atoms with Gasteiger partial charge in [-0.05, 0) is 56.4 Å². The molecule has 2 atom stereocenters. The Morgan fingerprint density at radius 1 is 1.15 bits per heavy atom. The van der Waals surface area contributed by atoms with Crippen LogP contribution in [0.15, 0.2) is 11.6 Å². The molecule has 1 nitrogen and oxygen atoms in total. The average molecular weight is 277 g/mol. The molecule has 1 heteroatoms. The Bertz CT molecular complexity index is 316. The maximum atomic E-state index is 3.86. The van der Waals surface area contributed by atoms with Gasteiger partial charge in [-0.15, -0.1) is 0 Å². The highest BCUT2D eigenvalue weighted by Crippen LogP contribution is 2.44. The normalized spacial score (nSPS) is 29.1. The second-order valence-corrected chi connectivity index (χ2v) is 7.61. The van der Waals surface area contributed by atoms with Crippen LogP contribution >= 0.6 is 0 Å². The van der Waals surface area contributed by atoms with Crippen LogP contribution in [0.5, 0.6) is 0 Å². The Morgan fingerprint density at radius 3 is 2.70 bits per heavy atom. The van der Waals surface area contributed by atoms with Crippen molar-refractivity contribution in [1.29, 1.82) is 0 Å². The molecule has 0 heterocycles. The van der Waals surface area contributed by atoms with E-state index in [0.29, 0.717) is 11.5 Å². The third kappa shape index (κ3) is 4.10. The van der Waals surface area contributed by atoms with Gasteiger partial charge in [0.15, 0.2) is 0 Å². The summed E-state index contributed by atoms with van der Waals surface area (Å²) in [6.07, 6.45) is 16.6. The summed E-state index contributed by atoms with van der Waals surface area (Å²) in [5, 5.41) is 3.86. The minimum absolute atomic E-state index is 0.508. The van der Waals surface area contributed by atoms with Gasteiger partial charge in [0.2, 0.25) is 0 Å². The summed E-state index contributed by atoms with van der Waals surface area (Å²) in [6, 6.07) is 0.647. The fraction of sp³-hybridized carbons (Fsp3) is 0.895. The summed E-state index contributed by atoms with van der Waals surface area (Å²) in [7, 11) is 0. The lowest BCUT2D eigenvalue weighted by Crippen LogP contribution is -2.46. The van der Waals surface area contributed by atoms with Crippen LogP contribution in [0, 0.1) is 11.3 Å². The van der Waals surface area contributed by atoms with Crippen molar-refractivity contribution < 1.29 is 0 Å². The first-order chi connectivity index (χ1) is 9.65. The highest BCUT2D eigenvalue weighted by Gasteiger charge is 2.38. The average Bonchev–Trinajstić information content (AvgIpc) is 2.36. The van der Waals surface area contributed by atoms with Crippen LogP contribution in [-0.2, 0) is 0 Å². The fourth-order valence-corrected chi connectivity index (χ4v) is 4.39. The van der Waals surface area contributed by atoms with E-state index in [2.05, 4.69) is 32.2 Å². The van der Waals surface area contributed by atoms with E-state index in [1.165, 1.54) is 64.2 Å². The summed E-state index contributed by atoms with van der Waals surface area (Å²) in [5.74, 6) is 0.835. The van der Waals surface area contributed by atoms with Crippen LogP contribution in [0.1, 0.15) is 85.0 Å². The Morgan fingerprint density at radius 2 is 1.95 bits per heavy atom. The lowest BCUT2D eigenvalue weighted by molar-refractivity contribution is 0.109. The fourth-order valence-electron chi connectivity index (χ4n) is 4.39. The summed E-state index contributed by atoms with van der Waals surface area (Å²) in [5.41, 5.74) is 2.25. The van der Waals surface area contributed by atoms with Gasteiger partial charge in [0, 0.05) is 6.04 Å². The van der Waals surface area contributed by atoms with Crippen molar-refractivity contribution in [2.24, 2.45) is 11.3 Å². The lowest BCUT2D eigenvalue weighted by atomic mass is 9.64.